The zero-order valence-electron chi connectivity index (χ0n) is 8.27. The Kier molecular flexibility index (Phi) is 672. The smallest absolute Gasteiger partial charge is 0.0121 e. The molecule has 0 fully saturated rings. The van der Waals surface area contributed by atoms with Crippen molar-refractivity contribution in [1.82, 2.24) is 0 Å². The molecule has 0 spiro atoms. The molecule has 0 aliphatic heterocycles. The molecule has 0 radical (unpaired) electrons. The summed E-state index contributed by atoms with van der Waals surface area (Å²) in [6.45, 7) is 0. The van der Waals surface area contributed by atoms with Crippen molar-refractivity contribution in [2.24, 2.45) is 0 Å². The molecule has 0 nitrogen and oxygen atoms in total. The molecule has 0 aliphatic rings. The molecule has 0 aromatic carbocycles. The molecule has 6 heteroatoms. The van der Waals surface area contributed by atoms with Crippen LogP contribution in [0.1, 0.15) is 7.43 Å². The Labute approximate surface area is 169 Å². The van der Waals surface area contributed by atoms with Gasteiger partial charge in [0.15, 0.2) is 0 Å². The second-order valence-electron chi connectivity index (χ2n) is 0. The first-order valence-electron chi connectivity index (χ1n) is 2.27. The predicted molar refractivity (Wildman–Crippen MR) is 126 cm³/mol. The van der Waals surface area contributed by atoms with Crippen molar-refractivity contribution in [1.29, 1.82) is 0 Å². The molecule has 0 unspecified atom stereocenters. The van der Waals surface area contributed by atoms with Crippen LogP contribution in [0.2, 0.25) is 0 Å². The van der Waals surface area contributed by atoms with E-state index in [9.17, 15) is 0 Å². The Morgan fingerprint density at radius 1 is 0.308 bits per heavy atom. The van der Waals surface area contributed by atoms with Gasteiger partial charge >= 0.3 is 0 Å². The van der Waals surface area contributed by atoms with Crippen molar-refractivity contribution in [2.45, 2.75) is 7.43 Å². The first-order chi connectivity index (χ1) is 6.00. The van der Waals surface area contributed by atoms with Crippen molar-refractivity contribution in [3.05, 3.63) is 0 Å². The number of halogens is 6. The van der Waals surface area contributed by atoms with Crippen LogP contribution >= 0.6 is 136 Å². The van der Waals surface area contributed by atoms with Crippen LogP contribution in [0.25, 0.3) is 0 Å². The first-order valence-corrected chi connectivity index (χ1v) is 15.2. The van der Waals surface area contributed by atoms with Gasteiger partial charge in [0.25, 0.3) is 0 Å². The van der Waals surface area contributed by atoms with Crippen molar-refractivity contribution < 1.29 is 0 Å². The van der Waals surface area contributed by atoms with Crippen LogP contribution in [0.15, 0.2) is 0 Å². The van der Waals surface area contributed by atoms with Crippen molar-refractivity contribution in [2.75, 3.05) is 29.6 Å². The maximum absolute atomic E-state index is 2.15. The molecule has 0 heterocycles. The maximum Gasteiger partial charge on any atom is -0.0121 e. The highest BCUT2D eigenvalue weighted by Crippen LogP contribution is 1.49. The standard InChI is InChI=1S/6CH3I.CH4/c6*1-2;/h6*1H3;1H4. The lowest BCUT2D eigenvalue weighted by Crippen LogP contribution is -0.798. The van der Waals surface area contributed by atoms with Crippen molar-refractivity contribution in [3.63, 3.8) is 0 Å². The molecule has 0 bridgehead atoms. The van der Waals surface area contributed by atoms with E-state index in [4.69, 9.17) is 0 Å². The molecule has 0 rings (SSSR count). The maximum atomic E-state index is 2.15. The van der Waals surface area contributed by atoms with Gasteiger partial charge in [-0.2, -0.15) is 0 Å². The highest BCUT2D eigenvalue weighted by molar-refractivity contribution is 14.1. The molecule has 0 saturated carbocycles. The van der Waals surface area contributed by atoms with E-state index in [1.807, 2.05) is 29.6 Å². The minimum absolute atomic E-state index is 0. The Bertz CT molecular complexity index is 12.9. The van der Waals surface area contributed by atoms with E-state index in [0.717, 1.165) is 0 Å². The van der Waals surface area contributed by atoms with Gasteiger partial charge in [-0.25, -0.2) is 0 Å². The monoisotopic (exact) mass is 868 g/mol. The van der Waals surface area contributed by atoms with Gasteiger partial charge in [0, 0.05) is 0 Å². The summed E-state index contributed by atoms with van der Waals surface area (Å²) in [7, 11) is 0. The Morgan fingerprint density at radius 3 is 0.308 bits per heavy atom. The van der Waals surface area contributed by atoms with Crippen molar-refractivity contribution in [3.8, 4) is 0 Å². The Hall–Kier alpha value is 4.38. The zero-order valence-corrected chi connectivity index (χ0v) is 21.2. The van der Waals surface area contributed by atoms with E-state index in [1.165, 1.54) is 0 Å². The molecule has 0 aliphatic carbocycles. The summed E-state index contributed by atoms with van der Waals surface area (Å²) in [5.41, 5.74) is 0. The molecule has 0 saturated heterocycles. The van der Waals surface area contributed by atoms with Gasteiger partial charge in [0.1, 0.15) is 0 Å². The highest BCUT2D eigenvalue weighted by atomic mass is 127. The zero-order chi connectivity index (χ0) is 12.0. The fourth-order valence-corrected chi connectivity index (χ4v) is 0. The molecular weight excluding hydrogens is 846 g/mol. The van der Waals surface area contributed by atoms with Gasteiger partial charge < -0.3 is 0 Å². The van der Waals surface area contributed by atoms with E-state index in [-0.39, 0.29) is 7.43 Å². The molecule has 0 aromatic rings. The highest BCUT2D eigenvalue weighted by Gasteiger charge is 0.960. The minimum Gasteiger partial charge on any atom is -0.0901 e. The SMILES string of the molecule is C.CI.CI.CI.CI.CI.CI. The summed E-state index contributed by atoms with van der Waals surface area (Å²) in [5.74, 6) is 0. The van der Waals surface area contributed by atoms with Crippen molar-refractivity contribution >= 4 is 136 Å². The molecule has 13 heavy (non-hydrogen) atoms. The van der Waals surface area contributed by atoms with Crippen LogP contribution < -0.4 is 0 Å². The lowest BCUT2D eigenvalue weighted by Gasteiger charge is -1.05. The normalized spacial score (nSPS) is 2.77. The van der Waals surface area contributed by atoms with Gasteiger partial charge in [0.2, 0.25) is 0 Å². The summed E-state index contributed by atoms with van der Waals surface area (Å²) in [6, 6.07) is 0. The van der Waals surface area contributed by atoms with Crippen LogP contribution in [0.5, 0.6) is 0 Å². The topological polar surface area (TPSA) is 0 Å². The number of hydrogen-bond donors (Lipinski definition) is 0. The average Bonchev–Trinajstić information content (AvgIpc) is 2.33. The molecule has 0 atom stereocenters. The minimum atomic E-state index is 0. The van der Waals surface area contributed by atoms with Crippen LogP contribution in [0, 0.1) is 0 Å². The lowest BCUT2D eigenvalue weighted by atomic mass is 12.0. The summed E-state index contributed by atoms with van der Waals surface area (Å²) < 4.78 is 0. The quantitative estimate of drug-likeness (QED) is 0.183. The van der Waals surface area contributed by atoms with Gasteiger partial charge in [-0.3, -0.25) is 0 Å². The van der Waals surface area contributed by atoms with E-state index >= 15 is 0 Å². The molecule has 0 N–H and O–H groups in total. The largest absolute Gasteiger partial charge is 0.0901 e. The average molecular weight is 868 g/mol. The first kappa shape index (κ1) is 43.3. The van der Waals surface area contributed by atoms with Gasteiger partial charge in [-0.05, 0) is 29.6 Å². The van der Waals surface area contributed by atoms with Gasteiger partial charge in [-0.15, -0.1) is 0 Å². The third-order valence-corrected chi connectivity index (χ3v) is 0. The van der Waals surface area contributed by atoms with E-state index in [1.54, 1.807) is 0 Å². The van der Waals surface area contributed by atoms with Crippen LogP contribution in [-0.2, 0) is 0 Å². The van der Waals surface area contributed by atoms with Crippen LogP contribution in [-0.4, -0.2) is 29.6 Å². The Morgan fingerprint density at radius 2 is 0.308 bits per heavy atom. The fraction of sp³-hybridized carbons (Fsp3) is 1.00. The van der Waals surface area contributed by atoms with E-state index in [0.29, 0.717) is 0 Å². The second kappa shape index (κ2) is 202. The van der Waals surface area contributed by atoms with Gasteiger partial charge in [-0.1, -0.05) is 143 Å². The summed E-state index contributed by atoms with van der Waals surface area (Å²) in [4.78, 5) is 11.8. The molecular formula is C7H22I6. The van der Waals surface area contributed by atoms with E-state index < -0.39 is 0 Å². The third-order valence-electron chi connectivity index (χ3n) is 0. The number of rotatable bonds is 0. The number of alkyl halides is 6. The summed E-state index contributed by atoms with van der Waals surface area (Å²) in [6.07, 6.45) is 0. The summed E-state index contributed by atoms with van der Waals surface area (Å²) in [5, 5.41) is 0. The third kappa shape index (κ3) is 177. The van der Waals surface area contributed by atoms with Gasteiger partial charge in [0.05, 0.1) is 0 Å². The number of hydrogen-bond acceptors (Lipinski definition) is 0. The molecule has 0 amide bonds. The summed E-state index contributed by atoms with van der Waals surface area (Å²) >= 11 is 12.9. The molecule has 92 valence electrons. The molecule has 0 aromatic heterocycles. The van der Waals surface area contributed by atoms with Crippen LogP contribution in [0.3, 0.4) is 0 Å². The fourth-order valence-electron chi connectivity index (χ4n) is 0. The van der Waals surface area contributed by atoms with Crippen LogP contribution in [0.4, 0.5) is 0 Å². The predicted octanol–water partition coefficient (Wildman–Crippen LogP) is 6.94. The lowest BCUT2D eigenvalue weighted by molar-refractivity contribution is 2.50. The Balaban J connectivity index is -0.00000000655. The second-order valence-corrected chi connectivity index (χ2v) is 0. The van der Waals surface area contributed by atoms with E-state index in [2.05, 4.69) is 136 Å².